The summed E-state index contributed by atoms with van der Waals surface area (Å²) in [5.41, 5.74) is 1.45. The normalized spacial score (nSPS) is 10.4. The third-order valence-corrected chi connectivity index (χ3v) is 1.33. The fraction of sp³-hybridized carbons (Fsp3) is 0. The lowest BCUT2D eigenvalue weighted by Crippen LogP contribution is -1.79. The highest BCUT2D eigenvalue weighted by atomic mass is 16.6. The maximum Gasteiger partial charge on any atom is 0.208 e. The van der Waals surface area contributed by atoms with Crippen LogP contribution >= 0.6 is 0 Å². The monoisotopic (exact) mass is 135 g/mol. The van der Waals surface area contributed by atoms with Crippen molar-refractivity contribution in [1.82, 2.24) is 14.9 Å². The molecule has 0 atom stereocenters. The fourth-order valence-electron chi connectivity index (χ4n) is 0.844. The number of fused-ring (bicyclic) bond motifs is 1. The summed E-state index contributed by atoms with van der Waals surface area (Å²) in [4.78, 5) is 0. The Balaban J connectivity index is 2.88. The maximum atomic E-state index is 4.48. The molecule has 2 rings (SSSR count). The summed E-state index contributed by atoms with van der Waals surface area (Å²) in [5.74, 6) is 0. The second kappa shape index (κ2) is 1.70. The molecule has 0 saturated carbocycles. The third kappa shape index (κ3) is 0.500. The number of nitrogens with zero attached hydrogens (tertiary/aromatic N) is 3. The Kier molecular flexibility index (Phi) is 0.887. The highest BCUT2D eigenvalue weighted by Gasteiger charge is 2.01. The van der Waals surface area contributed by atoms with Crippen molar-refractivity contribution in [1.29, 1.82) is 0 Å². The molecule has 10 heavy (non-hydrogen) atoms. The molecular weight excluding hydrogens is 130 g/mol. The molecule has 0 bridgehead atoms. The van der Waals surface area contributed by atoms with Crippen LogP contribution in [0.4, 0.5) is 0 Å². The topological polar surface area (TPSA) is 43.9 Å². The van der Waals surface area contributed by atoms with Gasteiger partial charge in [-0.05, 0) is 16.4 Å². The average Bonchev–Trinajstić information content (AvgIpc) is 2.44. The van der Waals surface area contributed by atoms with Gasteiger partial charge in [-0.15, -0.1) is 0 Å². The van der Waals surface area contributed by atoms with Gasteiger partial charge in [0.1, 0.15) is 0 Å². The second-order valence-corrected chi connectivity index (χ2v) is 1.88. The quantitative estimate of drug-likeness (QED) is 0.588. The largest absolute Gasteiger partial charge is 0.304 e. The van der Waals surface area contributed by atoms with Crippen molar-refractivity contribution < 1.29 is 4.63 Å². The SMILES string of the molecule is C=Cn1ccc2nonc21. The van der Waals surface area contributed by atoms with E-state index in [1.807, 2.05) is 12.3 Å². The van der Waals surface area contributed by atoms with E-state index in [4.69, 9.17) is 0 Å². The van der Waals surface area contributed by atoms with E-state index >= 15 is 0 Å². The Morgan fingerprint density at radius 2 is 2.50 bits per heavy atom. The van der Waals surface area contributed by atoms with Gasteiger partial charge in [0, 0.05) is 12.4 Å². The van der Waals surface area contributed by atoms with Gasteiger partial charge in [-0.1, -0.05) is 6.58 Å². The lowest BCUT2D eigenvalue weighted by molar-refractivity contribution is 0.314. The van der Waals surface area contributed by atoms with Crippen LogP contribution in [0.5, 0.6) is 0 Å². The fourth-order valence-corrected chi connectivity index (χ4v) is 0.844. The van der Waals surface area contributed by atoms with Crippen molar-refractivity contribution in [3.05, 3.63) is 18.8 Å². The van der Waals surface area contributed by atoms with Crippen molar-refractivity contribution in [2.24, 2.45) is 0 Å². The molecular formula is C6H5N3O. The van der Waals surface area contributed by atoms with Crippen LogP contribution in [0, 0.1) is 0 Å². The summed E-state index contributed by atoms with van der Waals surface area (Å²) in [6.07, 6.45) is 3.47. The van der Waals surface area contributed by atoms with Gasteiger partial charge in [0.25, 0.3) is 0 Å². The Morgan fingerprint density at radius 3 is 3.30 bits per heavy atom. The highest BCUT2D eigenvalue weighted by molar-refractivity contribution is 5.72. The average molecular weight is 135 g/mol. The summed E-state index contributed by atoms with van der Waals surface area (Å²) in [5, 5.41) is 7.29. The molecule has 50 valence electrons. The predicted molar refractivity (Wildman–Crippen MR) is 36.2 cm³/mol. The molecule has 0 aromatic carbocycles. The Labute approximate surface area is 56.7 Å². The van der Waals surface area contributed by atoms with Gasteiger partial charge in [0.05, 0.1) is 0 Å². The molecule has 0 fully saturated rings. The van der Waals surface area contributed by atoms with Crippen LogP contribution in [0.2, 0.25) is 0 Å². The smallest absolute Gasteiger partial charge is 0.208 e. The standard InChI is InChI=1S/C6H5N3O/c1-2-9-4-3-5-6(9)8-10-7-5/h2-4H,1H2. The Bertz CT molecular complexity index is 360. The van der Waals surface area contributed by atoms with Gasteiger partial charge in [-0.3, -0.25) is 0 Å². The first-order chi connectivity index (χ1) is 4.92. The van der Waals surface area contributed by atoms with Gasteiger partial charge >= 0.3 is 0 Å². The second-order valence-electron chi connectivity index (χ2n) is 1.88. The van der Waals surface area contributed by atoms with Crippen molar-refractivity contribution in [2.75, 3.05) is 0 Å². The number of hydrogen-bond donors (Lipinski definition) is 0. The van der Waals surface area contributed by atoms with E-state index in [0.29, 0.717) is 5.65 Å². The van der Waals surface area contributed by atoms with Crippen LogP contribution in [0.1, 0.15) is 0 Å². The van der Waals surface area contributed by atoms with Crippen LogP contribution in [0.15, 0.2) is 23.5 Å². The van der Waals surface area contributed by atoms with Gasteiger partial charge in [0.2, 0.25) is 5.65 Å². The van der Waals surface area contributed by atoms with E-state index in [0.717, 1.165) is 5.52 Å². The molecule has 0 unspecified atom stereocenters. The lowest BCUT2D eigenvalue weighted by Gasteiger charge is -1.85. The highest BCUT2D eigenvalue weighted by Crippen LogP contribution is 2.09. The summed E-state index contributed by atoms with van der Waals surface area (Å²) in [7, 11) is 0. The van der Waals surface area contributed by atoms with E-state index < -0.39 is 0 Å². The number of hydrogen-bond acceptors (Lipinski definition) is 3. The molecule has 4 heteroatoms. The molecule has 0 N–H and O–H groups in total. The van der Waals surface area contributed by atoms with Crippen LogP contribution < -0.4 is 0 Å². The van der Waals surface area contributed by atoms with Crippen molar-refractivity contribution in [3.8, 4) is 0 Å². The zero-order valence-electron chi connectivity index (χ0n) is 5.19. The van der Waals surface area contributed by atoms with E-state index in [1.54, 1.807) is 10.8 Å². The van der Waals surface area contributed by atoms with Crippen LogP contribution in [0.25, 0.3) is 17.4 Å². The van der Waals surface area contributed by atoms with Crippen LogP contribution in [-0.2, 0) is 0 Å². The molecule has 0 saturated heterocycles. The molecule has 2 aromatic rings. The summed E-state index contributed by atoms with van der Waals surface area (Å²) >= 11 is 0. The van der Waals surface area contributed by atoms with E-state index in [1.165, 1.54) is 0 Å². The third-order valence-electron chi connectivity index (χ3n) is 1.33. The van der Waals surface area contributed by atoms with E-state index in [9.17, 15) is 0 Å². The molecule has 0 amide bonds. The van der Waals surface area contributed by atoms with Crippen molar-refractivity contribution >= 4 is 17.4 Å². The molecule has 0 aliphatic heterocycles. The minimum absolute atomic E-state index is 0.704. The van der Waals surface area contributed by atoms with Gasteiger partial charge in [0.15, 0.2) is 5.52 Å². The number of rotatable bonds is 1. The minimum Gasteiger partial charge on any atom is -0.304 e. The molecule has 0 aliphatic rings. The van der Waals surface area contributed by atoms with Gasteiger partial charge in [-0.25, -0.2) is 4.63 Å². The molecule has 0 radical (unpaired) electrons. The van der Waals surface area contributed by atoms with Crippen molar-refractivity contribution in [2.45, 2.75) is 0 Å². The van der Waals surface area contributed by atoms with Crippen LogP contribution in [-0.4, -0.2) is 14.9 Å². The predicted octanol–water partition coefficient (Wildman–Crippen LogP) is 1.12. The summed E-state index contributed by atoms with van der Waals surface area (Å²) in [6.45, 7) is 3.59. The summed E-state index contributed by atoms with van der Waals surface area (Å²) < 4.78 is 6.22. The Hall–Kier alpha value is -1.58. The van der Waals surface area contributed by atoms with Gasteiger partial charge in [-0.2, -0.15) is 0 Å². The zero-order chi connectivity index (χ0) is 6.97. The molecule has 2 heterocycles. The molecule has 0 aliphatic carbocycles. The first-order valence-electron chi connectivity index (χ1n) is 2.83. The summed E-state index contributed by atoms with van der Waals surface area (Å²) in [6, 6.07) is 1.81. The Morgan fingerprint density at radius 1 is 1.60 bits per heavy atom. The lowest BCUT2D eigenvalue weighted by atomic mass is 10.6. The first-order valence-corrected chi connectivity index (χ1v) is 2.83. The first kappa shape index (κ1) is 5.22. The van der Waals surface area contributed by atoms with E-state index in [2.05, 4.69) is 21.5 Å². The molecule has 4 nitrogen and oxygen atoms in total. The van der Waals surface area contributed by atoms with E-state index in [-0.39, 0.29) is 0 Å². The molecule has 0 spiro atoms. The molecule has 2 aromatic heterocycles. The number of aromatic nitrogens is 3. The van der Waals surface area contributed by atoms with Gasteiger partial charge < -0.3 is 4.57 Å². The minimum atomic E-state index is 0.704. The maximum absolute atomic E-state index is 4.48. The van der Waals surface area contributed by atoms with Crippen LogP contribution in [0.3, 0.4) is 0 Å². The van der Waals surface area contributed by atoms with Crippen molar-refractivity contribution in [3.63, 3.8) is 0 Å². The zero-order valence-corrected chi connectivity index (χ0v) is 5.19.